The molecule has 1 saturated heterocycles. The predicted molar refractivity (Wildman–Crippen MR) is 93.7 cm³/mol. The van der Waals surface area contributed by atoms with Crippen LogP contribution < -0.4 is 5.32 Å². The monoisotopic (exact) mass is 327 g/mol. The molecule has 0 bridgehead atoms. The van der Waals surface area contributed by atoms with Gasteiger partial charge in [0.2, 0.25) is 0 Å². The fraction of sp³-hybridized carbons (Fsp3) is 0.444. The van der Waals surface area contributed by atoms with Crippen LogP contribution in [0.1, 0.15) is 11.4 Å². The van der Waals surface area contributed by atoms with Crippen LogP contribution in [-0.4, -0.2) is 58.1 Å². The number of carbonyl (C=O) groups excluding carboxylic acids is 1. The van der Waals surface area contributed by atoms with Crippen LogP contribution in [0.5, 0.6) is 0 Å². The number of hydrogen-bond acceptors (Lipinski definition) is 3. The minimum atomic E-state index is 0.0314. The van der Waals surface area contributed by atoms with Gasteiger partial charge in [0.25, 0.3) is 0 Å². The second kappa shape index (κ2) is 7.97. The van der Waals surface area contributed by atoms with Crippen LogP contribution in [0.15, 0.2) is 42.7 Å². The molecule has 128 valence electrons. The van der Waals surface area contributed by atoms with Gasteiger partial charge < -0.3 is 14.8 Å². The van der Waals surface area contributed by atoms with Crippen molar-refractivity contribution in [3.8, 4) is 0 Å². The number of imidazole rings is 1. The van der Waals surface area contributed by atoms with E-state index in [4.69, 9.17) is 0 Å². The molecule has 2 heterocycles. The van der Waals surface area contributed by atoms with E-state index < -0.39 is 0 Å². The fourth-order valence-corrected chi connectivity index (χ4v) is 2.95. The van der Waals surface area contributed by atoms with Crippen molar-refractivity contribution in [3.63, 3.8) is 0 Å². The lowest BCUT2D eigenvalue weighted by molar-refractivity contribution is 0.136. The smallest absolute Gasteiger partial charge is 0.317 e. The Kier molecular flexibility index (Phi) is 5.48. The number of piperazine rings is 1. The number of aromatic nitrogens is 2. The second-order valence-corrected chi connectivity index (χ2v) is 6.14. The Labute approximate surface area is 143 Å². The summed E-state index contributed by atoms with van der Waals surface area (Å²) in [6, 6.07) is 10.0. The summed E-state index contributed by atoms with van der Waals surface area (Å²) in [7, 11) is 0. The molecule has 6 nitrogen and oxygen atoms in total. The van der Waals surface area contributed by atoms with E-state index in [-0.39, 0.29) is 6.03 Å². The largest absolute Gasteiger partial charge is 0.334 e. The molecule has 0 aliphatic carbocycles. The molecule has 1 aliphatic heterocycles. The lowest BCUT2D eigenvalue weighted by Crippen LogP contribution is -2.52. The lowest BCUT2D eigenvalue weighted by Gasteiger charge is -2.34. The predicted octanol–water partition coefficient (Wildman–Crippen LogP) is 1.72. The summed E-state index contributed by atoms with van der Waals surface area (Å²) in [5, 5.41) is 3.00. The van der Waals surface area contributed by atoms with Crippen LogP contribution in [0, 0.1) is 6.92 Å². The molecule has 1 fully saturated rings. The minimum Gasteiger partial charge on any atom is -0.334 e. The highest BCUT2D eigenvalue weighted by Gasteiger charge is 2.20. The number of rotatable bonds is 5. The van der Waals surface area contributed by atoms with Gasteiger partial charge in [-0.1, -0.05) is 30.3 Å². The van der Waals surface area contributed by atoms with Gasteiger partial charge in [0.1, 0.15) is 5.82 Å². The van der Waals surface area contributed by atoms with E-state index in [1.54, 1.807) is 0 Å². The van der Waals surface area contributed by atoms with Crippen LogP contribution in [-0.2, 0) is 13.1 Å². The highest BCUT2D eigenvalue weighted by atomic mass is 16.2. The Morgan fingerprint density at radius 2 is 1.88 bits per heavy atom. The van der Waals surface area contributed by atoms with E-state index >= 15 is 0 Å². The average molecular weight is 327 g/mol. The van der Waals surface area contributed by atoms with Crippen LogP contribution in [0.3, 0.4) is 0 Å². The average Bonchev–Trinajstić information content (AvgIpc) is 3.04. The Morgan fingerprint density at radius 3 is 2.54 bits per heavy atom. The number of nitrogens with one attached hydrogen (secondary N) is 1. The van der Waals surface area contributed by atoms with Crippen molar-refractivity contribution in [2.75, 3.05) is 32.7 Å². The van der Waals surface area contributed by atoms with E-state index in [1.807, 2.05) is 54.5 Å². The van der Waals surface area contributed by atoms with E-state index in [0.717, 1.165) is 50.7 Å². The molecule has 3 rings (SSSR count). The summed E-state index contributed by atoms with van der Waals surface area (Å²) < 4.78 is 2.17. The van der Waals surface area contributed by atoms with Gasteiger partial charge >= 0.3 is 6.03 Å². The van der Waals surface area contributed by atoms with Crippen molar-refractivity contribution < 1.29 is 4.79 Å². The third-order valence-corrected chi connectivity index (χ3v) is 4.53. The molecule has 2 aromatic rings. The number of benzene rings is 1. The SMILES string of the molecule is Cc1nccn1CCN1CCN(C(=O)NCc2ccccc2)CC1. The maximum absolute atomic E-state index is 12.3. The van der Waals surface area contributed by atoms with E-state index in [2.05, 4.69) is 19.8 Å². The normalized spacial score (nSPS) is 15.5. The highest BCUT2D eigenvalue weighted by Crippen LogP contribution is 2.05. The second-order valence-electron chi connectivity index (χ2n) is 6.14. The zero-order valence-electron chi connectivity index (χ0n) is 14.2. The summed E-state index contributed by atoms with van der Waals surface area (Å²) in [6.07, 6.45) is 3.85. The van der Waals surface area contributed by atoms with Crippen molar-refractivity contribution in [3.05, 3.63) is 54.1 Å². The first-order valence-corrected chi connectivity index (χ1v) is 8.49. The number of aryl methyl sites for hydroxylation is 1. The quantitative estimate of drug-likeness (QED) is 0.910. The molecule has 1 N–H and O–H groups in total. The number of nitrogens with zero attached hydrogens (tertiary/aromatic N) is 4. The van der Waals surface area contributed by atoms with Crippen molar-refractivity contribution in [1.29, 1.82) is 0 Å². The Bertz CT molecular complexity index is 646. The molecule has 1 aromatic heterocycles. The first kappa shape index (κ1) is 16.5. The van der Waals surface area contributed by atoms with E-state index in [9.17, 15) is 4.79 Å². The maximum atomic E-state index is 12.3. The van der Waals surface area contributed by atoms with Gasteiger partial charge in [0.05, 0.1) is 0 Å². The summed E-state index contributed by atoms with van der Waals surface area (Å²) in [5.74, 6) is 1.05. The molecule has 1 aromatic carbocycles. The van der Waals surface area contributed by atoms with Crippen molar-refractivity contribution in [2.24, 2.45) is 0 Å². The molecule has 2 amide bonds. The first-order valence-electron chi connectivity index (χ1n) is 8.49. The molecule has 1 aliphatic rings. The number of urea groups is 1. The van der Waals surface area contributed by atoms with Gasteiger partial charge in [-0.2, -0.15) is 0 Å². The number of carbonyl (C=O) groups is 1. The first-order chi connectivity index (χ1) is 11.7. The van der Waals surface area contributed by atoms with Crippen molar-refractivity contribution in [1.82, 2.24) is 24.7 Å². The molecule has 0 spiro atoms. The van der Waals surface area contributed by atoms with Crippen molar-refractivity contribution >= 4 is 6.03 Å². The molecule has 6 heteroatoms. The summed E-state index contributed by atoms with van der Waals surface area (Å²) >= 11 is 0. The summed E-state index contributed by atoms with van der Waals surface area (Å²) in [5.41, 5.74) is 1.13. The maximum Gasteiger partial charge on any atom is 0.317 e. The highest BCUT2D eigenvalue weighted by molar-refractivity contribution is 5.74. The van der Waals surface area contributed by atoms with Crippen LogP contribution in [0.4, 0.5) is 4.79 Å². The van der Waals surface area contributed by atoms with Crippen molar-refractivity contribution in [2.45, 2.75) is 20.0 Å². The Hall–Kier alpha value is -2.34. The van der Waals surface area contributed by atoms with Gasteiger partial charge in [0, 0.05) is 58.2 Å². The summed E-state index contributed by atoms with van der Waals surface area (Å²) in [4.78, 5) is 20.8. The molecule has 0 saturated carbocycles. The van der Waals surface area contributed by atoms with Gasteiger partial charge in [-0.15, -0.1) is 0 Å². The molecule has 24 heavy (non-hydrogen) atoms. The van der Waals surface area contributed by atoms with Crippen LogP contribution in [0.2, 0.25) is 0 Å². The van der Waals surface area contributed by atoms with Gasteiger partial charge in [-0.05, 0) is 12.5 Å². The Balaban J connectivity index is 1.38. The van der Waals surface area contributed by atoms with Crippen LogP contribution >= 0.6 is 0 Å². The van der Waals surface area contributed by atoms with Crippen LogP contribution in [0.25, 0.3) is 0 Å². The molecule has 0 radical (unpaired) electrons. The van der Waals surface area contributed by atoms with Gasteiger partial charge in [-0.3, -0.25) is 4.90 Å². The van der Waals surface area contributed by atoms with Gasteiger partial charge in [-0.25, -0.2) is 9.78 Å². The fourth-order valence-electron chi connectivity index (χ4n) is 2.95. The topological polar surface area (TPSA) is 53.4 Å². The summed E-state index contributed by atoms with van der Waals surface area (Å²) in [6.45, 7) is 7.96. The van der Waals surface area contributed by atoms with E-state index in [0.29, 0.717) is 6.54 Å². The molecular weight excluding hydrogens is 302 g/mol. The third-order valence-electron chi connectivity index (χ3n) is 4.53. The lowest BCUT2D eigenvalue weighted by atomic mass is 10.2. The standard InChI is InChI=1S/C18H25N5O/c1-16-19-7-8-22(16)12-9-21-10-13-23(14-11-21)18(24)20-15-17-5-3-2-4-6-17/h2-8H,9-15H2,1H3,(H,20,24). The zero-order valence-corrected chi connectivity index (χ0v) is 14.2. The number of hydrogen-bond donors (Lipinski definition) is 1. The minimum absolute atomic E-state index is 0.0314. The Morgan fingerprint density at radius 1 is 1.12 bits per heavy atom. The van der Waals surface area contributed by atoms with E-state index in [1.165, 1.54) is 0 Å². The third kappa shape index (κ3) is 4.35. The molecular formula is C18H25N5O. The molecule has 0 atom stereocenters. The molecule has 0 unspecified atom stereocenters. The zero-order chi connectivity index (χ0) is 16.8. The number of amides is 2. The van der Waals surface area contributed by atoms with Gasteiger partial charge in [0.15, 0.2) is 0 Å².